The highest BCUT2D eigenvalue weighted by atomic mass is 16.6. The second-order valence-electron chi connectivity index (χ2n) is 9.99. The summed E-state index contributed by atoms with van der Waals surface area (Å²) in [6, 6.07) is 0. The maximum atomic E-state index is 12.1. The third-order valence-electron chi connectivity index (χ3n) is 8.53. The first kappa shape index (κ1) is 21.3. The molecule has 164 valence electrons. The van der Waals surface area contributed by atoms with Gasteiger partial charge in [-0.15, -0.1) is 0 Å². The lowest BCUT2D eigenvalue weighted by molar-refractivity contribution is -0.181. The molecule has 4 aliphatic rings. The highest BCUT2D eigenvalue weighted by Gasteiger charge is 2.63. The van der Waals surface area contributed by atoms with Gasteiger partial charge in [-0.3, -0.25) is 14.4 Å². The molecule has 0 aliphatic heterocycles. The Morgan fingerprint density at radius 3 is 2.67 bits per heavy atom. The Hall–Kier alpha value is -1.91. The maximum Gasteiger partial charge on any atom is 0.303 e. The number of carbonyl (C=O) groups excluding carboxylic acids is 3. The third-order valence-corrected chi connectivity index (χ3v) is 8.53. The van der Waals surface area contributed by atoms with E-state index in [1.54, 1.807) is 0 Å². The number of fused-ring (bicyclic) bond motifs is 5. The standard InChI is InChI=1S/C25H34O5/c1-16(26)29-14-4-11-25(30-17(2)27)13-10-23-22-7-5-18-15-19(28)6-8-20(18)21(22)9-12-24(23,25)3/h5,7,15,20-23H,4,6,8-14H2,1-3H3/t20-,21+,22+,23-,24-,25-/m0/s1. The van der Waals surface area contributed by atoms with E-state index in [2.05, 4.69) is 19.1 Å². The van der Waals surface area contributed by atoms with Crippen molar-refractivity contribution in [1.82, 2.24) is 0 Å². The van der Waals surface area contributed by atoms with E-state index in [1.165, 1.54) is 19.4 Å². The van der Waals surface area contributed by atoms with Crippen molar-refractivity contribution in [2.24, 2.45) is 29.1 Å². The quantitative estimate of drug-likeness (QED) is 0.488. The van der Waals surface area contributed by atoms with Gasteiger partial charge in [0, 0.05) is 25.7 Å². The van der Waals surface area contributed by atoms with Crippen molar-refractivity contribution < 1.29 is 23.9 Å². The minimum Gasteiger partial charge on any atom is -0.466 e. The Kier molecular flexibility index (Phi) is 5.67. The van der Waals surface area contributed by atoms with Crippen molar-refractivity contribution in [3.05, 3.63) is 23.8 Å². The highest BCUT2D eigenvalue weighted by molar-refractivity contribution is 5.92. The van der Waals surface area contributed by atoms with Gasteiger partial charge in [0.25, 0.3) is 0 Å². The zero-order valence-electron chi connectivity index (χ0n) is 18.4. The molecule has 0 N–H and O–H groups in total. The fraction of sp³-hybridized carbons (Fsp3) is 0.720. The number of hydrogen-bond acceptors (Lipinski definition) is 5. The van der Waals surface area contributed by atoms with Crippen LogP contribution in [0.4, 0.5) is 0 Å². The highest BCUT2D eigenvalue weighted by Crippen LogP contribution is 2.65. The van der Waals surface area contributed by atoms with Crippen LogP contribution in [0, 0.1) is 29.1 Å². The average Bonchev–Trinajstić information content (AvgIpc) is 2.96. The van der Waals surface area contributed by atoms with Gasteiger partial charge >= 0.3 is 11.9 Å². The lowest BCUT2D eigenvalue weighted by Gasteiger charge is -2.55. The van der Waals surface area contributed by atoms with E-state index in [-0.39, 0.29) is 23.1 Å². The summed E-state index contributed by atoms with van der Waals surface area (Å²) in [5, 5.41) is 0. The molecule has 0 heterocycles. The van der Waals surface area contributed by atoms with Gasteiger partial charge in [-0.25, -0.2) is 0 Å². The van der Waals surface area contributed by atoms with Crippen molar-refractivity contribution in [1.29, 1.82) is 0 Å². The molecule has 5 heteroatoms. The van der Waals surface area contributed by atoms with Crippen LogP contribution in [0.3, 0.4) is 0 Å². The number of hydrogen-bond donors (Lipinski definition) is 0. The molecular formula is C25H34O5. The molecule has 0 aromatic heterocycles. The molecule has 0 aromatic rings. The molecular weight excluding hydrogens is 380 g/mol. The smallest absolute Gasteiger partial charge is 0.303 e. The topological polar surface area (TPSA) is 69.7 Å². The molecule has 4 rings (SSSR count). The minimum atomic E-state index is -0.485. The van der Waals surface area contributed by atoms with E-state index >= 15 is 0 Å². The predicted octanol–water partition coefficient (Wildman–Crippen LogP) is 4.55. The summed E-state index contributed by atoms with van der Waals surface area (Å²) in [5.74, 6) is 1.80. The summed E-state index contributed by atoms with van der Waals surface area (Å²) < 4.78 is 11.3. The summed E-state index contributed by atoms with van der Waals surface area (Å²) in [6.45, 7) is 5.62. The molecule has 6 atom stereocenters. The molecule has 2 saturated carbocycles. The Balaban J connectivity index is 1.58. The lowest BCUT2D eigenvalue weighted by atomic mass is 9.52. The molecule has 0 spiro atoms. The number of esters is 2. The van der Waals surface area contributed by atoms with Crippen LogP contribution in [0.2, 0.25) is 0 Å². The van der Waals surface area contributed by atoms with Crippen LogP contribution in [-0.2, 0) is 23.9 Å². The summed E-state index contributed by atoms with van der Waals surface area (Å²) in [5.41, 5.74) is 0.662. The van der Waals surface area contributed by atoms with Gasteiger partial charge in [0.2, 0.25) is 0 Å². The molecule has 0 unspecified atom stereocenters. The van der Waals surface area contributed by atoms with Crippen LogP contribution >= 0.6 is 0 Å². The molecule has 2 fully saturated rings. The Morgan fingerprint density at radius 1 is 1.13 bits per heavy atom. The van der Waals surface area contributed by atoms with Crippen molar-refractivity contribution >= 4 is 17.7 Å². The van der Waals surface area contributed by atoms with E-state index in [1.807, 2.05) is 6.08 Å². The van der Waals surface area contributed by atoms with Gasteiger partial charge in [-0.05, 0) is 80.3 Å². The molecule has 0 saturated heterocycles. The summed E-state index contributed by atoms with van der Waals surface area (Å²) >= 11 is 0. The third kappa shape index (κ3) is 3.54. The maximum absolute atomic E-state index is 12.1. The van der Waals surface area contributed by atoms with E-state index < -0.39 is 5.60 Å². The van der Waals surface area contributed by atoms with Crippen molar-refractivity contribution in [3.63, 3.8) is 0 Å². The van der Waals surface area contributed by atoms with E-state index in [4.69, 9.17) is 9.47 Å². The van der Waals surface area contributed by atoms with Gasteiger partial charge in [0.15, 0.2) is 5.78 Å². The van der Waals surface area contributed by atoms with Crippen LogP contribution in [0.15, 0.2) is 23.8 Å². The van der Waals surface area contributed by atoms with Gasteiger partial charge in [0.05, 0.1) is 6.61 Å². The zero-order chi connectivity index (χ0) is 21.5. The van der Waals surface area contributed by atoms with Crippen LogP contribution in [-0.4, -0.2) is 29.9 Å². The fourth-order valence-electron chi connectivity index (χ4n) is 7.23. The van der Waals surface area contributed by atoms with Gasteiger partial charge < -0.3 is 9.47 Å². The van der Waals surface area contributed by atoms with Gasteiger partial charge in [-0.1, -0.05) is 19.1 Å². The van der Waals surface area contributed by atoms with E-state index in [0.717, 1.165) is 38.5 Å². The number of carbonyl (C=O) groups is 3. The Morgan fingerprint density at radius 2 is 1.93 bits per heavy atom. The molecule has 0 amide bonds. The largest absolute Gasteiger partial charge is 0.466 e. The van der Waals surface area contributed by atoms with E-state index in [9.17, 15) is 14.4 Å². The lowest BCUT2D eigenvalue weighted by Crippen LogP contribution is -2.53. The first-order valence-electron chi connectivity index (χ1n) is 11.5. The van der Waals surface area contributed by atoms with Gasteiger partial charge in [-0.2, -0.15) is 0 Å². The molecule has 30 heavy (non-hydrogen) atoms. The first-order valence-corrected chi connectivity index (χ1v) is 11.5. The monoisotopic (exact) mass is 414 g/mol. The molecule has 0 bridgehead atoms. The first-order chi connectivity index (χ1) is 14.3. The number of ether oxygens (including phenoxy) is 2. The SMILES string of the molecule is CC(=O)OCCC[C@]1(OC(C)=O)CC[C@H]2[C@@H]3C=CC4=CC(=O)CC[C@@H]4[C@H]3CC[C@@]21C. The molecule has 5 nitrogen and oxygen atoms in total. The second-order valence-corrected chi connectivity index (χ2v) is 9.99. The molecule has 4 aliphatic carbocycles. The van der Waals surface area contributed by atoms with Crippen molar-refractivity contribution in [2.75, 3.05) is 6.61 Å². The van der Waals surface area contributed by atoms with Crippen LogP contribution in [0.5, 0.6) is 0 Å². The summed E-state index contributed by atoms with van der Waals surface area (Å²) in [4.78, 5) is 35.1. The normalized spacial score (nSPS) is 39.4. The summed E-state index contributed by atoms with van der Waals surface area (Å²) in [7, 11) is 0. The predicted molar refractivity (Wildman–Crippen MR) is 112 cm³/mol. The van der Waals surface area contributed by atoms with Gasteiger partial charge in [0.1, 0.15) is 5.60 Å². The number of rotatable bonds is 5. The van der Waals surface area contributed by atoms with Crippen molar-refractivity contribution in [3.8, 4) is 0 Å². The van der Waals surface area contributed by atoms with Crippen LogP contribution in [0.1, 0.15) is 72.1 Å². The average molecular weight is 415 g/mol. The zero-order valence-corrected chi connectivity index (χ0v) is 18.4. The number of allylic oxidation sites excluding steroid dienone is 4. The Bertz CT molecular complexity index is 795. The minimum absolute atomic E-state index is 0.0773. The van der Waals surface area contributed by atoms with Crippen molar-refractivity contribution in [2.45, 2.75) is 77.7 Å². The Labute approximate surface area is 179 Å². The van der Waals surface area contributed by atoms with Crippen LogP contribution in [0.25, 0.3) is 0 Å². The molecule has 0 aromatic carbocycles. The summed E-state index contributed by atoms with van der Waals surface area (Å²) in [6.07, 6.45) is 13.5. The second kappa shape index (κ2) is 7.97. The van der Waals surface area contributed by atoms with E-state index in [0.29, 0.717) is 43.1 Å². The fourth-order valence-corrected chi connectivity index (χ4v) is 7.23. The number of ketones is 1. The molecule has 0 radical (unpaired) electrons. The van der Waals surface area contributed by atoms with Crippen LogP contribution < -0.4 is 0 Å².